The van der Waals surface area contributed by atoms with Crippen LogP contribution in [-0.4, -0.2) is 44.8 Å². The molecule has 2 aliphatic rings. The van der Waals surface area contributed by atoms with Crippen molar-refractivity contribution in [2.75, 3.05) is 0 Å². The molecule has 1 aromatic carbocycles. The number of halogens is 1. The highest BCUT2D eigenvalue weighted by atomic mass is 19.1. The summed E-state index contributed by atoms with van der Waals surface area (Å²) in [6, 6.07) is 6.15. The molecule has 0 spiro atoms. The van der Waals surface area contributed by atoms with Crippen molar-refractivity contribution in [2.45, 2.75) is 56.7 Å². The van der Waals surface area contributed by atoms with E-state index in [4.69, 9.17) is 0 Å². The number of benzene rings is 1. The predicted octanol–water partition coefficient (Wildman–Crippen LogP) is 2.50. The van der Waals surface area contributed by atoms with Crippen LogP contribution in [0.4, 0.5) is 4.39 Å². The summed E-state index contributed by atoms with van der Waals surface area (Å²) < 4.78 is 13.7. The zero-order valence-corrected chi connectivity index (χ0v) is 15.6. The second kappa shape index (κ2) is 8.04. The lowest BCUT2D eigenvalue weighted by Crippen LogP contribution is -2.49. The van der Waals surface area contributed by atoms with Crippen LogP contribution < -0.4 is 5.32 Å². The van der Waals surface area contributed by atoms with Crippen molar-refractivity contribution in [3.05, 3.63) is 59.9 Å². The molecule has 6 nitrogen and oxygen atoms in total. The van der Waals surface area contributed by atoms with E-state index in [0.717, 1.165) is 24.8 Å². The van der Waals surface area contributed by atoms with Crippen LogP contribution in [0.2, 0.25) is 0 Å². The van der Waals surface area contributed by atoms with Gasteiger partial charge < -0.3 is 10.2 Å². The van der Waals surface area contributed by atoms with Gasteiger partial charge in [-0.1, -0.05) is 18.6 Å². The zero-order valence-electron chi connectivity index (χ0n) is 15.6. The van der Waals surface area contributed by atoms with Crippen LogP contribution in [0.3, 0.4) is 0 Å². The first-order valence-corrected chi connectivity index (χ1v) is 9.74. The van der Waals surface area contributed by atoms with Gasteiger partial charge in [-0.3, -0.25) is 14.6 Å². The molecule has 2 fully saturated rings. The van der Waals surface area contributed by atoms with Gasteiger partial charge in [-0.2, -0.15) is 0 Å². The minimum Gasteiger partial charge on any atom is -0.351 e. The molecule has 3 heterocycles. The number of hydrogen-bond donors (Lipinski definition) is 1. The van der Waals surface area contributed by atoms with E-state index in [1.807, 2.05) is 11.0 Å². The van der Waals surface area contributed by atoms with E-state index in [-0.39, 0.29) is 35.8 Å². The third-order valence-corrected chi connectivity index (χ3v) is 5.62. The fourth-order valence-electron chi connectivity index (χ4n) is 4.42. The van der Waals surface area contributed by atoms with Gasteiger partial charge in [0.05, 0.1) is 18.3 Å². The topological polar surface area (TPSA) is 75.2 Å². The minimum atomic E-state index is -0.290. The van der Waals surface area contributed by atoms with Gasteiger partial charge in [0, 0.05) is 24.9 Å². The fraction of sp³-hybridized carbons (Fsp3) is 0.429. The third-order valence-electron chi connectivity index (χ3n) is 5.62. The number of nitrogens with zero attached hydrogens (tertiary/aromatic N) is 3. The Bertz CT molecular complexity index is 860. The molecule has 0 aliphatic carbocycles. The monoisotopic (exact) mass is 382 g/mol. The summed E-state index contributed by atoms with van der Waals surface area (Å²) in [5, 5.41) is 3.10. The molecule has 1 N–H and O–H groups in total. The number of amides is 2. The number of aromatic nitrogens is 2. The molecule has 1 aromatic heterocycles. The van der Waals surface area contributed by atoms with E-state index in [0.29, 0.717) is 25.0 Å². The van der Waals surface area contributed by atoms with Crippen molar-refractivity contribution >= 4 is 11.8 Å². The summed E-state index contributed by atoms with van der Waals surface area (Å²) in [5.74, 6) is -0.438. The van der Waals surface area contributed by atoms with Crippen LogP contribution in [0.1, 0.15) is 48.2 Å². The van der Waals surface area contributed by atoms with Crippen LogP contribution in [-0.2, 0) is 11.2 Å². The van der Waals surface area contributed by atoms with E-state index >= 15 is 0 Å². The first kappa shape index (κ1) is 18.5. The second-order valence-electron chi connectivity index (χ2n) is 7.51. The molecule has 2 saturated heterocycles. The molecule has 7 heteroatoms. The van der Waals surface area contributed by atoms with Crippen molar-refractivity contribution in [3.8, 4) is 0 Å². The van der Waals surface area contributed by atoms with E-state index in [1.165, 1.54) is 30.7 Å². The van der Waals surface area contributed by atoms with E-state index in [1.54, 1.807) is 6.07 Å². The summed E-state index contributed by atoms with van der Waals surface area (Å²) in [6.07, 6.45) is 8.75. The number of rotatable bonds is 3. The van der Waals surface area contributed by atoms with Gasteiger partial charge in [-0.15, -0.1) is 0 Å². The maximum Gasteiger partial charge on any atom is 0.274 e. The Kier molecular flexibility index (Phi) is 5.32. The highest BCUT2D eigenvalue weighted by Gasteiger charge is 2.45. The minimum absolute atomic E-state index is 0.0352. The largest absolute Gasteiger partial charge is 0.351 e. The standard InChI is InChI=1S/C21H23FN4O2/c22-15-5-3-4-14(10-15)11-16-12-17-19(6-1-2-7-20(27)25-17)26(16)21(28)18-13-23-8-9-24-18/h3-5,8-10,13,16-17,19H,1-2,6-7,11-12H2,(H,25,27)/t16-,17+,19-/m1/s1. The van der Waals surface area contributed by atoms with E-state index < -0.39 is 0 Å². The smallest absolute Gasteiger partial charge is 0.274 e. The predicted molar refractivity (Wildman–Crippen MR) is 101 cm³/mol. The average Bonchev–Trinajstić information content (AvgIpc) is 2.99. The second-order valence-corrected chi connectivity index (χ2v) is 7.51. The molecule has 0 bridgehead atoms. The van der Waals surface area contributed by atoms with Gasteiger partial charge in [0.25, 0.3) is 5.91 Å². The average molecular weight is 382 g/mol. The molecular weight excluding hydrogens is 359 g/mol. The van der Waals surface area contributed by atoms with Gasteiger partial charge in [-0.25, -0.2) is 9.37 Å². The first-order chi connectivity index (χ1) is 13.6. The number of carbonyl (C=O) groups excluding carboxylic acids is 2. The normalized spacial score (nSPS) is 24.8. The van der Waals surface area contributed by atoms with Crippen molar-refractivity contribution in [1.82, 2.24) is 20.2 Å². The Morgan fingerprint density at radius 3 is 2.96 bits per heavy atom. The van der Waals surface area contributed by atoms with E-state index in [9.17, 15) is 14.0 Å². The van der Waals surface area contributed by atoms with Crippen molar-refractivity contribution in [1.29, 1.82) is 0 Å². The van der Waals surface area contributed by atoms with Crippen LogP contribution >= 0.6 is 0 Å². The molecule has 0 unspecified atom stereocenters. The summed E-state index contributed by atoms with van der Waals surface area (Å²) in [4.78, 5) is 35.5. The SMILES string of the molecule is O=C1CCCC[C@@H]2[C@H](C[C@@H](Cc3cccc(F)c3)N2C(=O)c2cnccn2)N1. The number of likely N-dealkylation sites (tertiary alicyclic amines) is 1. The van der Waals surface area contributed by atoms with Crippen LogP contribution in [0.15, 0.2) is 42.9 Å². The Balaban J connectivity index is 1.65. The summed E-state index contributed by atoms with van der Waals surface area (Å²) in [5.41, 5.74) is 1.13. The van der Waals surface area contributed by atoms with Crippen LogP contribution in [0.25, 0.3) is 0 Å². The van der Waals surface area contributed by atoms with Gasteiger partial charge in [-0.05, 0) is 43.4 Å². The lowest BCUT2D eigenvalue weighted by Gasteiger charge is -2.32. The molecule has 0 saturated carbocycles. The molecular formula is C21H23FN4O2. The number of nitrogens with one attached hydrogen (secondary N) is 1. The number of fused-ring (bicyclic) bond motifs is 1. The highest BCUT2D eigenvalue weighted by Crippen LogP contribution is 2.33. The van der Waals surface area contributed by atoms with Gasteiger partial charge >= 0.3 is 0 Å². The lowest BCUT2D eigenvalue weighted by atomic mass is 9.97. The molecule has 0 radical (unpaired) electrons. The number of hydrogen-bond acceptors (Lipinski definition) is 4. The molecule has 4 rings (SSSR count). The van der Waals surface area contributed by atoms with Crippen molar-refractivity contribution < 1.29 is 14.0 Å². The summed E-state index contributed by atoms with van der Waals surface area (Å²) >= 11 is 0. The molecule has 2 amide bonds. The summed E-state index contributed by atoms with van der Waals surface area (Å²) in [7, 11) is 0. The summed E-state index contributed by atoms with van der Waals surface area (Å²) in [6.45, 7) is 0. The molecule has 2 aromatic rings. The maximum absolute atomic E-state index is 13.7. The van der Waals surface area contributed by atoms with Crippen molar-refractivity contribution in [2.24, 2.45) is 0 Å². The quantitative estimate of drug-likeness (QED) is 0.885. The molecule has 2 aliphatic heterocycles. The first-order valence-electron chi connectivity index (χ1n) is 9.74. The molecule has 3 atom stereocenters. The van der Waals surface area contributed by atoms with Crippen LogP contribution in [0, 0.1) is 5.82 Å². The van der Waals surface area contributed by atoms with Gasteiger partial charge in [0.15, 0.2) is 0 Å². The molecule has 28 heavy (non-hydrogen) atoms. The lowest BCUT2D eigenvalue weighted by molar-refractivity contribution is -0.122. The van der Waals surface area contributed by atoms with Gasteiger partial charge in [0.1, 0.15) is 11.5 Å². The van der Waals surface area contributed by atoms with Gasteiger partial charge in [0.2, 0.25) is 5.91 Å². The third kappa shape index (κ3) is 3.88. The highest BCUT2D eigenvalue weighted by molar-refractivity contribution is 5.93. The van der Waals surface area contributed by atoms with E-state index in [2.05, 4.69) is 15.3 Å². The Hall–Kier alpha value is -2.83. The van der Waals surface area contributed by atoms with Crippen molar-refractivity contribution in [3.63, 3.8) is 0 Å². The zero-order chi connectivity index (χ0) is 19.5. The van der Waals surface area contributed by atoms with Crippen LogP contribution in [0.5, 0.6) is 0 Å². The Morgan fingerprint density at radius 2 is 2.18 bits per heavy atom. The Morgan fingerprint density at radius 1 is 1.29 bits per heavy atom. The maximum atomic E-state index is 13.7. The fourth-order valence-corrected chi connectivity index (χ4v) is 4.42. The molecule has 146 valence electrons. The Labute approximate surface area is 163 Å². The number of carbonyl (C=O) groups is 2.